The lowest BCUT2D eigenvalue weighted by Gasteiger charge is -2.07. The molecule has 140 heavy (non-hydrogen) atoms. The Kier molecular flexibility index (Phi) is 15.3. The minimum absolute atomic E-state index is 1.27. The van der Waals surface area contributed by atoms with Crippen LogP contribution < -0.4 is 0 Å². The molecule has 0 heteroatoms. The first-order chi connectivity index (χ1) is 69.2. The van der Waals surface area contributed by atoms with Crippen LogP contribution in [0.1, 0.15) is 22.3 Å². The zero-order valence-electron chi connectivity index (χ0n) is 77.4. The second-order valence-corrected chi connectivity index (χ2v) is 40.1. The summed E-state index contributed by atoms with van der Waals surface area (Å²) in [6, 6.07) is 158. The summed E-state index contributed by atoms with van der Waals surface area (Å²) in [7, 11) is 0. The fourth-order valence-electron chi connectivity index (χ4n) is 27.6. The van der Waals surface area contributed by atoms with Crippen LogP contribution >= 0.6 is 0 Å². The molecule has 0 aliphatic carbocycles. The smallest absolute Gasteiger partial charge is 0.000775 e. The van der Waals surface area contributed by atoms with E-state index in [2.05, 4.69) is 452 Å². The highest BCUT2D eigenvalue weighted by molar-refractivity contribution is 6.52. The van der Waals surface area contributed by atoms with Crippen molar-refractivity contribution in [2.75, 3.05) is 0 Å². The van der Waals surface area contributed by atoms with Gasteiger partial charge in [-0.05, 0) is 427 Å². The molecule has 36 aromatic carbocycles. The van der Waals surface area contributed by atoms with Crippen LogP contribution in [0.5, 0.6) is 0 Å². The molecule has 0 atom stereocenters. The van der Waals surface area contributed by atoms with Crippen LogP contribution in [0.4, 0.5) is 0 Å². The van der Waals surface area contributed by atoms with E-state index >= 15 is 0 Å². The van der Waals surface area contributed by atoms with Crippen LogP contribution in [-0.2, 0) is 0 Å². The summed E-state index contributed by atoms with van der Waals surface area (Å²) >= 11 is 0. The summed E-state index contributed by atoms with van der Waals surface area (Å²) in [5.74, 6) is 0. The van der Waals surface area contributed by atoms with Gasteiger partial charge in [0, 0.05) is 0 Å². The second-order valence-electron chi connectivity index (χ2n) is 40.1. The molecule has 0 spiro atoms. The van der Waals surface area contributed by atoms with Crippen molar-refractivity contribution in [1.82, 2.24) is 0 Å². The summed E-state index contributed by atoms with van der Waals surface area (Å²) < 4.78 is 0. The maximum Gasteiger partial charge on any atom is -0.000775 e. The summed E-state index contributed by atoms with van der Waals surface area (Å²) in [5.41, 5.74) is 7.96. The van der Waals surface area contributed by atoms with Gasteiger partial charge in [-0.1, -0.05) is 382 Å². The maximum absolute atomic E-state index is 2.44. The van der Waals surface area contributed by atoms with Gasteiger partial charge < -0.3 is 0 Å². The summed E-state index contributed by atoms with van der Waals surface area (Å²) in [6.07, 6.45) is 0. The molecule has 0 N–H and O–H groups in total. The van der Waals surface area contributed by atoms with E-state index in [4.69, 9.17) is 0 Å². The van der Waals surface area contributed by atoms with Gasteiger partial charge in [0.2, 0.25) is 0 Å². The quantitative estimate of drug-likeness (QED) is 0.154. The Morgan fingerprint density at radius 1 is 0.0929 bits per heavy atom. The van der Waals surface area contributed by atoms with E-state index in [1.165, 1.54) is 357 Å². The summed E-state index contributed by atoms with van der Waals surface area (Å²) in [6.45, 7) is 8.93. The van der Waals surface area contributed by atoms with Gasteiger partial charge in [0.25, 0.3) is 0 Å². The zero-order chi connectivity index (χ0) is 91.6. The van der Waals surface area contributed by atoms with E-state index in [0.29, 0.717) is 0 Å². The number of hydrogen-bond acceptors (Lipinski definition) is 0. The van der Waals surface area contributed by atoms with Crippen molar-refractivity contribution in [2.24, 2.45) is 0 Å². The first kappa shape index (κ1) is 76.6. The van der Waals surface area contributed by atoms with E-state index in [-0.39, 0.29) is 0 Å². The number of rotatable bonds is 1. The van der Waals surface area contributed by atoms with Gasteiger partial charge in [-0.15, -0.1) is 0 Å². The lowest BCUT2D eigenvalue weighted by Crippen LogP contribution is -1.80. The third kappa shape index (κ3) is 10.1. The SMILES string of the molecule is Cc1cc2ccc(C)c3c2c(c1)c1cc2cccc4c5ccccc5c(c24)c13.Cc1ccc2c3cc4cccc5c6ccccc6c(c45)c3c3cccc1c23.Cc1ccc2cccc3c2c1c1cc2cccc4c5ccccc5c(c24)c13.c1ccc(-c2cc3cc4c5cccc6cccc(c65)c4c4c5ccccc5c(c2)c34)cc1.c1ccc2c(c1)c1cccc3cc4c5cccc6cccc(c65)c4c2c31. The van der Waals surface area contributed by atoms with Gasteiger partial charge in [-0.3, -0.25) is 0 Å². The van der Waals surface area contributed by atoms with Crippen LogP contribution in [0.3, 0.4) is 0 Å². The molecule has 0 amide bonds. The van der Waals surface area contributed by atoms with Gasteiger partial charge in [-0.25, -0.2) is 0 Å². The topological polar surface area (TPSA) is 0 Å². The van der Waals surface area contributed by atoms with Crippen molar-refractivity contribution in [2.45, 2.75) is 27.7 Å². The zero-order valence-corrected chi connectivity index (χ0v) is 77.4. The number of aryl methyl sites for hydroxylation is 4. The molecule has 0 heterocycles. The van der Waals surface area contributed by atoms with Crippen molar-refractivity contribution >= 4 is 323 Å². The molecule has 0 saturated heterocycles. The van der Waals surface area contributed by atoms with E-state index in [0.717, 1.165) is 0 Å². The highest BCUT2D eigenvalue weighted by atomic mass is 14.3. The Morgan fingerprint density at radius 2 is 0.343 bits per heavy atom. The highest BCUT2D eigenvalue weighted by Gasteiger charge is 2.29. The minimum Gasteiger partial charge on any atom is -0.0622 e. The van der Waals surface area contributed by atoms with E-state index in [1.54, 1.807) is 0 Å². The standard InChI is InChI=1S/C32H18.C28H18.2C27H16.C26H14/c1-2-8-19(9-3-1)21-16-22-18-28-25-14-6-10-20-11-7-15-26(29(20)25)31(28)32-24-13-5-4-12-23(24)27(17-21)30(22)32;1-15-12-18-11-10-16(2)24-26(18)22(13-15)23-14-17-6-5-9-20-19-7-3-4-8-21(19)27(25(17)20)28(23)24;1-15-12-13-16-6-4-11-21-24(16)23(15)22-14-17-7-5-10-19-18-8-2-3-9-20(18)27(25(17)19)26(21)22;1-15-12-13-21-23-14-16-6-4-10-19-18-7-2-3-8-20(18)27(24(16)19)26(23)22-11-5-9-17(15)25(21)22;1-2-10-19-17(9-1)18-11-5-8-16-14-22-20-12-3-6-15-7-4-13-21(23(15)20)25(22)26(19)24(16)18/h1-18H;3-14H,1-2H3;2*2-14H,1H3;1-14H. The Bertz CT molecular complexity index is 11700. The first-order valence-electron chi connectivity index (χ1n) is 49.4. The van der Waals surface area contributed by atoms with Crippen LogP contribution in [0, 0.1) is 27.7 Å². The molecule has 36 rings (SSSR count). The summed E-state index contributed by atoms with van der Waals surface area (Å²) in [4.78, 5) is 0. The fraction of sp³-hybridized carbons (Fsp3) is 0.0286. The number of fused-ring (bicyclic) bond motifs is 35. The molecule has 0 bridgehead atoms. The van der Waals surface area contributed by atoms with Crippen LogP contribution in [0.2, 0.25) is 0 Å². The van der Waals surface area contributed by atoms with Gasteiger partial charge >= 0.3 is 0 Å². The monoisotopic (exact) mass is 1760 g/mol. The average molecular weight is 1760 g/mol. The molecular formula is C140H82. The lowest BCUT2D eigenvalue weighted by molar-refractivity contribution is 1.52. The Labute approximate surface area is 802 Å². The number of hydrogen-bond donors (Lipinski definition) is 0. The molecule has 36 aromatic rings. The summed E-state index contributed by atoms with van der Waals surface area (Å²) in [5, 5.41) is 83.2. The fourth-order valence-corrected chi connectivity index (χ4v) is 27.6. The van der Waals surface area contributed by atoms with E-state index in [1.807, 2.05) is 0 Å². The van der Waals surface area contributed by atoms with Crippen LogP contribution in [0.15, 0.2) is 425 Å². The maximum atomic E-state index is 2.44. The third-order valence-corrected chi connectivity index (χ3v) is 33.0. The normalized spacial score (nSPS) is 12.6. The molecule has 0 saturated carbocycles. The molecule has 0 nitrogen and oxygen atoms in total. The van der Waals surface area contributed by atoms with Crippen molar-refractivity contribution in [3.63, 3.8) is 0 Å². The predicted molar refractivity (Wildman–Crippen MR) is 614 cm³/mol. The minimum atomic E-state index is 1.27. The van der Waals surface area contributed by atoms with Gasteiger partial charge in [-0.2, -0.15) is 0 Å². The first-order valence-corrected chi connectivity index (χ1v) is 49.4. The van der Waals surface area contributed by atoms with Gasteiger partial charge in [0.05, 0.1) is 0 Å². The van der Waals surface area contributed by atoms with Gasteiger partial charge in [0.1, 0.15) is 0 Å². The molecule has 0 aliphatic heterocycles. The van der Waals surface area contributed by atoms with Crippen molar-refractivity contribution in [3.05, 3.63) is 447 Å². The Morgan fingerprint density at radius 3 is 0.800 bits per heavy atom. The van der Waals surface area contributed by atoms with Gasteiger partial charge in [0.15, 0.2) is 0 Å². The molecule has 642 valence electrons. The van der Waals surface area contributed by atoms with Crippen molar-refractivity contribution in [3.8, 4) is 11.1 Å². The van der Waals surface area contributed by atoms with E-state index in [9.17, 15) is 0 Å². The lowest BCUT2D eigenvalue weighted by atomic mass is 9.96. The molecular weight excluding hydrogens is 1680 g/mol. The number of benzene rings is 26. The molecule has 0 aromatic heterocycles. The van der Waals surface area contributed by atoms with Crippen molar-refractivity contribution in [1.29, 1.82) is 0 Å². The Balaban J connectivity index is 0.0000000793. The predicted octanol–water partition coefficient (Wildman–Crippen LogP) is 40.3. The van der Waals surface area contributed by atoms with Crippen LogP contribution in [0.25, 0.3) is 334 Å². The highest BCUT2D eigenvalue weighted by Crippen LogP contribution is 2.57. The van der Waals surface area contributed by atoms with Crippen molar-refractivity contribution < 1.29 is 0 Å². The third-order valence-electron chi connectivity index (χ3n) is 33.0. The van der Waals surface area contributed by atoms with Crippen LogP contribution in [-0.4, -0.2) is 0 Å². The largest absolute Gasteiger partial charge is 0.0622 e. The molecule has 0 fully saturated rings. The second kappa shape index (κ2) is 28.0. The molecule has 0 unspecified atom stereocenters. The molecule has 0 radical (unpaired) electrons. The molecule has 0 aliphatic rings. The van der Waals surface area contributed by atoms with E-state index < -0.39 is 0 Å². The Hall–Kier alpha value is -17.7. The average Bonchev–Trinajstić information content (AvgIpc) is 1.55.